The van der Waals surface area contributed by atoms with Crippen molar-refractivity contribution in [1.29, 1.82) is 0 Å². The van der Waals surface area contributed by atoms with Crippen LogP contribution in [0.25, 0.3) is 5.57 Å². The number of aryl methyl sites for hydroxylation is 1. The molecule has 1 N–H and O–H groups in total. The number of benzene rings is 3. The molecule has 0 radical (unpaired) electrons. The van der Waals surface area contributed by atoms with E-state index in [1.54, 1.807) is 12.1 Å². The normalized spacial score (nSPS) is 16.2. The van der Waals surface area contributed by atoms with Crippen LogP contribution in [0.4, 0.5) is 0 Å². The van der Waals surface area contributed by atoms with Crippen LogP contribution in [-0.2, 0) is 10.0 Å². The predicted octanol–water partition coefficient (Wildman–Crippen LogP) is 4.46. The lowest BCUT2D eigenvalue weighted by Gasteiger charge is -2.14. The molecule has 0 aliphatic heterocycles. The molecule has 3 aromatic carbocycles. The fraction of sp³-hybridized carbons (Fsp3) is 0.0909. The van der Waals surface area contributed by atoms with Crippen LogP contribution >= 0.6 is 0 Å². The van der Waals surface area contributed by atoms with E-state index in [0.29, 0.717) is 0 Å². The summed E-state index contributed by atoms with van der Waals surface area (Å²) >= 11 is 0. The zero-order chi connectivity index (χ0) is 18.1. The molecular weight excluding hydrogens is 342 g/mol. The van der Waals surface area contributed by atoms with E-state index in [1.165, 1.54) is 0 Å². The van der Waals surface area contributed by atoms with Crippen LogP contribution in [0.2, 0.25) is 0 Å². The van der Waals surface area contributed by atoms with Gasteiger partial charge < -0.3 is 0 Å². The Morgan fingerprint density at radius 1 is 0.808 bits per heavy atom. The standard InChI is InChI=1S/C22H19NO2S/c1-16-11-13-18(14-12-16)26(24,25)23-22-15-21(17-7-3-2-4-8-17)19-9-5-6-10-20(19)22/h2-15,22-23H,1H3/t22-/m0/s1. The van der Waals surface area contributed by atoms with Crippen molar-refractivity contribution in [2.75, 3.05) is 0 Å². The number of rotatable bonds is 4. The number of fused-ring (bicyclic) bond motifs is 1. The Kier molecular flexibility index (Phi) is 4.23. The Bertz CT molecular complexity index is 1070. The van der Waals surface area contributed by atoms with Gasteiger partial charge >= 0.3 is 0 Å². The number of hydrogen-bond acceptors (Lipinski definition) is 2. The Balaban J connectivity index is 1.73. The third-order valence-electron chi connectivity index (χ3n) is 4.62. The molecule has 3 nitrogen and oxygen atoms in total. The maximum Gasteiger partial charge on any atom is 0.241 e. The van der Waals surface area contributed by atoms with E-state index in [9.17, 15) is 8.42 Å². The summed E-state index contributed by atoms with van der Waals surface area (Å²) in [4.78, 5) is 0.280. The van der Waals surface area contributed by atoms with Crippen molar-refractivity contribution < 1.29 is 8.42 Å². The van der Waals surface area contributed by atoms with Crippen LogP contribution in [0.15, 0.2) is 89.8 Å². The first-order valence-corrected chi connectivity index (χ1v) is 9.98. The highest BCUT2D eigenvalue weighted by Crippen LogP contribution is 2.38. The van der Waals surface area contributed by atoms with Crippen molar-refractivity contribution in [1.82, 2.24) is 4.72 Å². The van der Waals surface area contributed by atoms with Gasteiger partial charge in [-0.05, 0) is 41.3 Å². The third kappa shape index (κ3) is 3.09. The Hall–Kier alpha value is -2.69. The number of hydrogen-bond donors (Lipinski definition) is 1. The molecule has 0 bridgehead atoms. The Morgan fingerprint density at radius 3 is 2.19 bits per heavy atom. The summed E-state index contributed by atoms with van der Waals surface area (Å²) in [5.74, 6) is 0. The molecule has 4 rings (SSSR count). The highest BCUT2D eigenvalue weighted by Gasteiger charge is 2.28. The van der Waals surface area contributed by atoms with E-state index in [4.69, 9.17) is 0 Å². The second-order valence-corrected chi connectivity index (χ2v) is 8.16. The summed E-state index contributed by atoms with van der Waals surface area (Å²) in [6, 6.07) is 24.5. The smallest absolute Gasteiger partial charge is 0.207 e. The SMILES string of the molecule is Cc1ccc(S(=O)(=O)N[C@H]2C=C(c3ccccc3)c3ccccc32)cc1. The summed E-state index contributed by atoms with van der Waals surface area (Å²) in [5.41, 5.74) is 5.20. The molecule has 0 saturated heterocycles. The van der Waals surface area contributed by atoms with Gasteiger partial charge in [-0.15, -0.1) is 0 Å². The topological polar surface area (TPSA) is 46.2 Å². The molecule has 4 heteroatoms. The Morgan fingerprint density at radius 2 is 1.46 bits per heavy atom. The van der Waals surface area contributed by atoms with E-state index in [2.05, 4.69) is 4.72 Å². The third-order valence-corrected chi connectivity index (χ3v) is 6.07. The maximum absolute atomic E-state index is 12.8. The van der Waals surface area contributed by atoms with E-state index < -0.39 is 10.0 Å². The quantitative estimate of drug-likeness (QED) is 0.746. The zero-order valence-corrected chi connectivity index (χ0v) is 15.2. The molecule has 0 amide bonds. The summed E-state index contributed by atoms with van der Waals surface area (Å²) in [6.07, 6.45) is 1.99. The van der Waals surface area contributed by atoms with Gasteiger partial charge in [-0.1, -0.05) is 78.4 Å². The molecule has 1 aliphatic rings. The van der Waals surface area contributed by atoms with Gasteiger partial charge in [-0.2, -0.15) is 4.72 Å². The molecular formula is C22H19NO2S. The van der Waals surface area contributed by atoms with Gasteiger partial charge in [0.25, 0.3) is 0 Å². The lowest BCUT2D eigenvalue weighted by molar-refractivity contribution is 0.575. The lowest BCUT2D eigenvalue weighted by atomic mass is 9.99. The highest BCUT2D eigenvalue weighted by atomic mass is 32.2. The van der Waals surface area contributed by atoms with Crippen LogP contribution in [0.5, 0.6) is 0 Å². The van der Waals surface area contributed by atoms with E-state index in [-0.39, 0.29) is 10.9 Å². The molecule has 1 atom stereocenters. The average molecular weight is 361 g/mol. The van der Waals surface area contributed by atoms with Gasteiger partial charge in [0.1, 0.15) is 0 Å². The molecule has 1 aliphatic carbocycles. The van der Waals surface area contributed by atoms with Gasteiger partial charge in [0.15, 0.2) is 0 Å². The van der Waals surface area contributed by atoms with Gasteiger partial charge in [-0.25, -0.2) is 8.42 Å². The van der Waals surface area contributed by atoms with Crippen LogP contribution in [0, 0.1) is 6.92 Å². The molecule has 0 fully saturated rings. The first kappa shape index (κ1) is 16.8. The van der Waals surface area contributed by atoms with Crippen molar-refractivity contribution in [3.63, 3.8) is 0 Å². The molecule has 0 saturated carbocycles. The van der Waals surface area contributed by atoms with Crippen molar-refractivity contribution in [3.8, 4) is 0 Å². The Labute approximate surface area is 154 Å². The zero-order valence-electron chi connectivity index (χ0n) is 14.4. The van der Waals surface area contributed by atoms with E-state index in [0.717, 1.165) is 27.8 Å². The van der Waals surface area contributed by atoms with Gasteiger partial charge in [-0.3, -0.25) is 0 Å². The molecule has 0 unspecified atom stereocenters. The van der Waals surface area contributed by atoms with Crippen molar-refractivity contribution in [2.24, 2.45) is 0 Å². The highest BCUT2D eigenvalue weighted by molar-refractivity contribution is 7.89. The fourth-order valence-electron chi connectivity index (χ4n) is 3.28. The number of sulfonamides is 1. The molecule has 3 aromatic rings. The monoisotopic (exact) mass is 361 g/mol. The first-order valence-electron chi connectivity index (χ1n) is 8.50. The minimum absolute atomic E-state index is 0.280. The largest absolute Gasteiger partial charge is 0.241 e. The van der Waals surface area contributed by atoms with Gasteiger partial charge in [0.05, 0.1) is 10.9 Å². The summed E-state index contributed by atoms with van der Waals surface area (Å²) in [6.45, 7) is 1.94. The van der Waals surface area contributed by atoms with E-state index >= 15 is 0 Å². The minimum atomic E-state index is -3.60. The van der Waals surface area contributed by atoms with Crippen molar-refractivity contribution in [3.05, 3.63) is 107 Å². The summed E-state index contributed by atoms with van der Waals surface area (Å²) < 4.78 is 28.5. The summed E-state index contributed by atoms with van der Waals surface area (Å²) in [7, 11) is -3.60. The van der Waals surface area contributed by atoms with Crippen molar-refractivity contribution >= 4 is 15.6 Å². The maximum atomic E-state index is 12.8. The van der Waals surface area contributed by atoms with Crippen LogP contribution in [0.3, 0.4) is 0 Å². The fourth-order valence-corrected chi connectivity index (χ4v) is 4.44. The van der Waals surface area contributed by atoms with Crippen LogP contribution < -0.4 is 4.72 Å². The van der Waals surface area contributed by atoms with Crippen molar-refractivity contribution in [2.45, 2.75) is 17.9 Å². The molecule has 130 valence electrons. The predicted molar refractivity (Wildman–Crippen MR) is 104 cm³/mol. The number of nitrogens with one attached hydrogen (secondary N) is 1. The minimum Gasteiger partial charge on any atom is -0.207 e. The first-order chi connectivity index (χ1) is 12.5. The molecule has 26 heavy (non-hydrogen) atoms. The molecule has 0 heterocycles. The van der Waals surface area contributed by atoms with Gasteiger partial charge in [0, 0.05) is 0 Å². The van der Waals surface area contributed by atoms with Crippen LogP contribution in [0.1, 0.15) is 28.3 Å². The second-order valence-electron chi connectivity index (χ2n) is 6.45. The van der Waals surface area contributed by atoms with Gasteiger partial charge in [0.2, 0.25) is 10.0 Å². The summed E-state index contributed by atoms with van der Waals surface area (Å²) in [5, 5.41) is 0. The molecule has 0 aromatic heterocycles. The molecule has 0 spiro atoms. The van der Waals surface area contributed by atoms with E-state index in [1.807, 2.05) is 79.7 Å². The van der Waals surface area contributed by atoms with Crippen LogP contribution in [-0.4, -0.2) is 8.42 Å². The lowest BCUT2D eigenvalue weighted by Crippen LogP contribution is -2.26. The second kappa shape index (κ2) is 6.56. The average Bonchev–Trinajstić information content (AvgIpc) is 3.01.